The van der Waals surface area contributed by atoms with Gasteiger partial charge >= 0.3 is 0 Å². The zero-order valence-electron chi connectivity index (χ0n) is 15.0. The van der Waals surface area contributed by atoms with Gasteiger partial charge in [0.05, 0.1) is 0 Å². The largest absolute Gasteiger partial charge is 0.491 e. The van der Waals surface area contributed by atoms with E-state index < -0.39 is 6.10 Å². The van der Waals surface area contributed by atoms with Crippen molar-refractivity contribution in [2.45, 2.75) is 31.0 Å². The van der Waals surface area contributed by atoms with Gasteiger partial charge in [-0.3, -0.25) is 0 Å². The van der Waals surface area contributed by atoms with Gasteiger partial charge in [0.1, 0.15) is 29.8 Å². The van der Waals surface area contributed by atoms with Crippen molar-refractivity contribution < 1.29 is 14.6 Å². The molecule has 4 rings (SSSR count). The second-order valence-electron chi connectivity index (χ2n) is 7.43. The third-order valence-corrected chi connectivity index (χ3v) is 6.12. The van der Waals surface area contributed by atoms with E-state index in [1.54, 1.807) is 0 Å². The quantitative estimate of drug-likeness (QED) is 0.734. The molecule has 0 aromatic heterocycles. The molecule has 0 bridgehead atoms. The summed E-state index contributed by atoms with van der Waals surface area (Å²) in [5, 5.41) is 11.1. The van der Waals surface area contributed by atoms with E-state index >= 15 is 0 Å². The van der Waals surface area contributed by atoms with Crippen molar-refractivity contribution in [2.24, 2.45) is 0 Å². The van der Waals surface area contributed by atoms with Crippen LogP contribution in [0, 0.1) is 0 Å². The first-order valence-electron chi connectivity index (χ1n) is 9.28. The Morgan fingerprint density at radius 1 is 1.19 bits per heavy atom. The average Bonchev–Trinajstić information content (AvgIpc) is 3.00. The van der Waals surface area contributed by atoms with E-state index in [9.17, 15) is 5.11 Å². The Morgan fingerprint density at radius 2 is 1.93 bits per heavy atom. The van der Waals surface area contributed by atoms with Crippen LogP contribution in [0.3, 0.4) is 0 Å². The van der Waals surface area contributed by atoms with Crippen LogP contribution in [0.15, 0.2) is 46.9 Å². The topological polar surface area (TPSA) is 41.9 Å². The molecular weight excluding hydrogens is 430 g/mol. The molecule has 2 aliphatic rings. The fraction of sp³-hybridized carbons (Fsp3) is 0.429. The fourth-order valence-corrected chi connectivity index (χ4v) is 4.36. The van der Waals surface area contributed by atoms with Crippen molar-refractivity contribution in [2.75, 3.05) is 26.2 Å². The molecule has 0 radical (unpaired) electrons. The molecule has 1 atom stereocenters. The van der Waals surface area contributed by atoms with Gasteiger partial charge in [-0.1, -0.05) is 27.5 Å². The predicted molar refractivity (Wildman–Crippen MR) is 110 cm³/mol. The van der Waals surface area contributed by atoms with Gasteiger partial charge in [-0.15, -0.1) is 0 Å². The molecule has 1 spiro atoms. The van der Waals surface area contributed by atoms with Gasteiger partial charge < -0.3 is 19.5 Å². The highest BCUT2D eigenvalue weighted by Gasteiger charge is 2.42. The standard InChI is InChI=1S/C21H23BrClNO3/c22-16-1-4-19(5-2-16)26-14-18(25)13-24-9-7-21(8-10-24)12-15-11-17(23)3-6-20(15)27-21/h1-6,11,18,25H,7-10,12-14H2/t18-/m0/s1. The van der Waals surface area contributed by atoms with Crippen LogP contribution in [0.4, 0.5) is 0 Å². The molecule has 0 saturated carbocycles. The Balaban J connectivity index is 1.24. The highest BCUT2D eigenvalue weighted by atomic mass is 79.9. The lowest BCUT2D eigenvalue weighted by Crippen LogP contribution is -2.49. The maximum atomic E-state index is 10.3. The van der Waals surface area contributed by atoms with Gasteiger partial charge in [0.2, 0.25) is 0 Å². The summed E-state index contributed by atoms with van der Waals surface area (Å²) in [5.41, 5.74) is 1.10. The van der Waals surface area contributed by atoms with Gasteiger partial charge in [0.25, 0.3) is 0 Å². The molecular formula is C21H23BrClNO3. The van der Waals surface area contributed by atoms with E-state index in [2.05, 4.69) is 20.8 Å². The lowest BCUT2D eigenvalue weighted by atomic mass is 9.87. The molecule has 2 aliphatic heterocycles. The highest BCUT2D eigenvalue weighted by molar-refractivity contribution is 9.10. The number of fused-ring (bicyclic) bond motifs is 1. The summed E-state index contributed by atoms with van der Waals surface area (Å²) in [6.45, 7) is 2.74. The summed E-state index contributed by atoms with van der Waals surface area (Å²) in [5.74, 6) is 1.74. The molecule has 27 heavy (non-hydrogen) atoms. The Labute approximate surface area is 173 Å². The number of ether oxygens (including phenoxy) is 2. The first kappa shape index (κ1) is 19.1. The van der Waals surface area contributed by atoms with E-state index in [-0.39, 0.29) is 5.60 Å². The molecule has 1 N–H and O–H groups in total. The van der Waals surface area contributed by atoms with E-state index in [0.717, 1.165) is 53.3 Å². The summed E-state index contributed by atoms with van der Waals surface area (Å²) >= 11 is 9.51. The third-order valence-electron chi connectivity index (χ3n) is 5.35. The normalized spacial score (nSPS) is 19.5. The maximum Gasteiger partial charge on any atom is 0.123 e. The minimum Gasteiger partial charge on any atom is -0.491 e. The van der Waals surface area contributed by atoms with Gasteiger partial charge in [-0.2, -0.15) is 0 Å². The molecule has 0 aliphatic carbocycles. The number of piperidine rings is 1. The van der Waals surface area contributed by atoms with Crippen LogP contribution in [0.2, 0.25) is 5.02 Å². The Bertz CT molecular complexity index is 791. The summed E-state index contributed by atoms with van der Waals surface area (Å²) in [6, 6.07) is 13.5. The monoisotopic (exact) mass is 451 g/mol. The van der Waals surface area contributed by atoms with E-state index in [1.807, 2.05) is 42.5 Å². The summed E-state index contributed by atoms with van der Waals surface area (Å²) < 4.78 is 13.0. The van der Waals surface area contributed by atoms with Gasteiger partial charge in [0, 0.05) is 48.4 Å². The second kappa shape index (κ2) is 8.00. The van der Waals surface area contributed by atoms with E-state index in [1.165, 1.54) is 5.56 Å². The highest BCUT2D eigenvalue weighted by Crippen LogP contribution is 2.41. The van der Waals surface area contributed by atoms with E-state index in [0.29, 0.717) is 13.2 Å². The minimum absolute atomic E-state index is 0.109. The zero-order chi connectivity index (χ0) is 18.9. The molecule has 2 aromatic rings. The van der Waals surface area contributed by atoms with Crippen molar-refractivity contribution >= 4 is 27.5 Å². The Morgan fingerprint density at radius 3 is 2.67 bits per heavy atom. The van der Waals surface area contributed by atoms with Crippen LogP contribution in [0.25, 0.3) is 0 Å². The summed E-state index contributed by atoms with van der Waals surface area (Å²) in [4.78, 5) is 2.29. The molecule has 4 nitrogen and oxygen atoms in total. The number of β-amino-alcohol motifs (C(OH)–C–C–N with tert-alkyl or cyclic N) is 1. The molecule has 1 saturated heterocycles. The van der Waals surface area contributed by atoms with Gasteiger partial charge in [0.15, 0.2) is 0 Å². The lowest BCUT2D eigenvalue weighted by Gasteiger charge is -2.39. The molecule has 0 unspecified atom stereocenters. The smallest absolute Gasteiger partial charge is 0.123 e. The number of benzene rings is 2. The number of halogens is 2. The SMILES string of the molecule is O[C@H](COc1ccc(Br)cc1)CN1CCC2(CC1)Cc1cc(Cl)ccc1O2. The lowest BCUT2D eigenvalue weighted by molar-refractivity contribution is -0.00195. The number of aliphatic hydroxyl groups excluding tert-OH is 1. The molecule has 144 valence electrons. The second-order valence-corrected chi connectivity index (χ2v) is 8.79. The summed E-state index contributed by atoms with van der Waals surface area (Å²) in [7, 11) is 0. The molecule has 2 aromatic carbocycles. The van der Waals surface area contributed by atoms with Gasteiger partial charge in [-0.25, -0.2) is 0 Å². The molecule has 6 heteroatoms. The first-order chi connectivity index (χ1) is 13.0. The van der Waals surface area contributed by atoms with Crippen molar-refractivity contribution in [3.8, 4) is 11.5 Å². The number of hydrogen-bond acceptors (Lipinski definition) is 4. The fourth-order valence-electron chi connectivity index (χ4n) is 3.90. The van der Waals surface area contributed by atoms with Crippen molar-refractivity contribution in [3.63, 3.8) is 0 Å². The number of likely N-dealkylation sites (tertiary alicyclic amines) is 1. The van der Waals surface area contributed by atoms with Crippen LogP contribution in [-0.2, 0) is 6.42 Å². The van der Waals surface area contributed by atoms with Crippen LogP contribution in [0.5, 0.6) is 11.5 Å². The maximum absolute atomic E-state index is 10.3. The average molecular weight is 453 g/mol. The Kier molecular flexibility index (Phi) is 5.65. The van der Waals surface area contributed by atoms with Crippen molar-refractivity contribution in [3.05, 3.63) is 57.5 Å². The number of hydrogen-bond donors (Lipinski definition) is 1. The molecule has 0 amide bonds. The van der Waals surface area contributed by atoms with Crippen LogP contribution >= 0.6 is 27.5 Å². The molecule has 2 heterocycles. The number of aliphatic hydroxyl groups is 1. The third kappa shape index (κ3) is 4.60. The first-order valence-corrected chi connectivity index (χ1v) is 10.4. The van der Waals surface area contributed by atoms with E-state index in [4.69, 9.17) is 21.1 Å². The molecule has 1 fully saturated rings. The number of rotatable bonds is 5. The van der Waals surface area contributed by atoms with Crippen LogP contribution in [0.1, 0.15) is 18.4 Å². The van der Waals surface area contributed by atoms with Crippen LogP contribution in [-0.4, -0.2) is 48.0 Å². The number of nitrogens with zero attached hydrogens (tertiary/aromatic N) is 1. The zero-order valence-corrected chi connectivity index (χ0v) is 17.4. The van der Waals surface area contributed by atoms with Crippen molar-refractivity contribution in [1.29, 1.82) is 0 Å². The summed E-state index contributed by atoms with van der Waals surface area (Å²) in [6.07, 6.45) is 2.33. The predicted octanol–water partition coefficient (Wildman–Crippen LogP) is 4.31. The Hall–Kier alpha value is -1.27. The van der Waals surface area contributed by atoms with Crippen molar-refractivity contribution in [1.82, 2.24) is 4.90 Å². The van der Waals surface area contributed by atoms with Crippen LogP contribution < -0.4 is 9.47 Å². The minimum atomic E-state index is -0.511. The van der Waals surface area contributed by atoms with Gasteiger partial charge in [-0.05, 0) is 48.0 Å².